The molecule has 0 unspecified atom stereocenters. The number of nitrogens with one attached hydrogen (secondary N) is 1. The molecule has 2 aromatic rings. The first-order chi connectivity index (χ1) is 14.7. The number of benzene rings is 2. The van der Waals surface area contributed by atoms with Crippen molar-refractivity contribution in [3.05, 3.63) is 71.8 Å². The van der Waals surface area contributed by atoms with Gasteiger partial charge in [-0.1, -0.05) is 67.6 Å². The summed E-state index contributed by atoms with van der Waals surface area (Å²) in [5.74, 6) is -0.690. The van der Waals surface area contributed by atoms with Crippen molar-refractivity contribution >= 4 is 21.8 Å². The van der Waals surface area contributed by atoms with Gasteiger partial charge < -0.3 is 10.2 Å². The van der Waals surface area contributed by atoms with Crippen LogP contribution in [0.2, 0.25) is 0 Å². The Morgan fingerprint density at radius 1 is 0.935 bits per heavy atom. The maximum Gasteiger partial charge on any atom is 0.242 e. The van der Waals surface area contributed by atoms with Crippen LogP contribution in [0, 0.1) is 0 Å². The molecule has 7 nitrogen and oxygen atoms in total. The smallest absolute Gasteiger partial charge is 0.242 e. The van der Waals surface area contributed by atoms with Crippen LogP contribution in [0.3, 0.4) is 0 Å². The fourth-order valence-corrected chi connectivity index (χ4v) is 3.81. The molecule has 0 aliphatic carbocycles. The van der Waals surface area contributed by atoms with Gasteiger partial charge in [0, 0.05) is 19.6 Å². The van der Waals surface area contributed by atoms with E-state index in [1.165, 1.54) is 4.90 Å². The summed E-state index contributed by atoms with van der Waals surface area (Å²) in [5.41, 5.74) is 1.64. The van der Waals surface area contributed by atoms with Crippen LogP contribution in [0.4, 0.5) is 0 Å². The molecule has 0 bridgehead atoms. The first kappa shape index (κ1) is 24.6. The van der Waals surface area contributed by atoms with Gasteiger partial charge in [0.05, 0.1) is 12.8 Å². The standard InChI is InChI=1S/C23H31N3O4S/c1-4-15-24-23(28)19(2)26(17-21-13-9-6-10-14-21)22(27)18-25(31(3,29)30)16-20-11-7-5-8-12-20/h5-14,19H,4,15-18H2,1-3H3,(H,24,28)/t19-/m1/s1. The normalized spacial score (nSPS) is 12.4. The second kappa shape index (κ2) is 11.6. The average molecular weight is 446 g/mol. The molecular formula is C23H31N3O4S. The number of hydrogen-bond acceptors (Lipinski definition) is 4. The number of amides is 2. The van der Waals surface area contributed by atoms with Crippen LogP contribution in [0.25, 0.3) is 0 Å². The molecule has 1 atom stereocenters. The van der Waals surface area contributed by atoms with E-state index in [1.54, 1.807) is 6.92 Å². The molecule has 0 saturated carbocycles. The Morgan fingerprint density at radius 3 is 1.94 bits per heavy atom. The molecule has 0 fully saturated rings. The lowest BCUT2D eigenvalue weighted by Gasteiger charge is -2.31. The molecule has 31 heavy (non-hydrogen) atoms. The summed E-state index contributed by atoms with van der Waals surface area (Å²) in [6.07, 6.45) is 1.87. The highest BCUT2D eigenvalue weighted by Crippen LogP contribution is 2.13. The number of carbonyl (C=O) groups is 2. The molecule has 0 aromatic heterocycles. The Morgan fingerprint density at radius 2 is 1.45 bits per heavy atom. The van der Waals surface area contributed by atoms with E-state index in [0.29, 0.717) is 6.54 Å². The molecule has 8 heteroatoms. The Balaban J connectivity index is 2.25. The number of rotatable bonds is 11. The van der Waals surface area contributed by atoms with Gasteiger partial charge in [0.2, 0.25) is 21.8 Å². The third-order valence-electron chi connectivity index (χ3n) is 4.89. The van der Waals surface area contributed by atoms with Crippen molar-refractivity contribution in [1.82, 2.24) is 14.5 Å². The molecule has 0 heterocycles. The first-order valence-corrected chi connectivity index (χ1v) is 12.2. The van der Waals surface area contributed by atoms with E-state index >= 15 is 0 Å². The number of sulfonamides is 1. The van der Waals surface area contributed by atoms with Crippen LogP contribution in [-0.4, -0.2) is 54.8 Å². The van der Waals surface area contributed by atoms with Crippen molar-refractivity contribution in [1.29, 1.82) is 0 Å². The van der Waals surface area contributed by atoms with Crippen molar-refractivity contribution in [2.45, 2.75) is 39.4 Å². The zero-order chi connectivity index (χ0) is 22.9. The van der Waals surface area contributed by atoms with Crippen molar-refractivity contribution in [2.24, 2.45) is 0 Å². The van der Waals surface area contributed by atoms with E-state index in [-0.39, 0.29) is 25.5 Å². The topological polar surface area (TPSA) is 86.8 Å². The molecule has 0 spiro atoms. The van der Waals surface area contributed by atoms with Gasteiger partial charge in [-0.25, -0.2) is 8.42 Å². The monoisotopic (exact) mass is 445 g/mol. The van der Waals surface area contributed by atoms with Crippen LogP contribution in [-0.2, 0) is 32.7 Å². The maximum absolute atomic E-state index is 13.3. The van der Waals surface area contributed by atoms with Gasteiger partial charge in [-0.15, -0.1) is 0 Å². The molecule has 2 amide bonds. The lowest BCUT2D eigenvalue weighted by molar-refractivity contribution is -0.140. The van der Waals surface area contributed by atoms with Crippen molar-refractivity contribution in [2.75, 3.05) is 19.3 Å². The van der Waals surface area contributed by atoms with E-state index in [4.69, 9.17) is 0 Å². The van der Waals surface area contributed by atoms with Gasteiger partial charge in [-0.2, -0.15) is 4.31 Å². The van der Waals surface area contributed by atoms with Gasteiger partial charge in [0.25, 0.3) is 0 Å². The molecule has 0 saturated heterocycles. The SMILES string of the molecule is CCCNC(=O)[C@@H](C)N(Cc1ccccc1)C(=O)CN(Cc1ccccc1)S(C)(=O)=O. The highest BCUT2D eigenvalue weighted by molar-refractivity contribution is 7.88. The minimum atomic E-state index is -3.64. The van der Waals surface area contributed by atoms with E-state index in [1.807, 2.05) is 67.6 Å². The Hall–Kier alpha value is -2.71. The van der Waals surface area contributed by atoms with Crippen molar-refractivity contribution in [3.8, 4) is 0 Å². The average Bonchev–Trinajstić information content (AvgIpc) is 2.75. The van der Waals surface area contributed by atoms with Crippen LogP contribution in [0.15, 0.2) is 60.7 Å². The van der Waals surface area contributed by atoms with Crippen LogP contribution >= 0.6 is 0 Å². The van der Waals surface area contributed by atoms with Gasteiger partial charge >= 0.3 is 0 Å². The summed E-state index contributed by atoms with van der Waals surface area (Å²) in [6, 6.07) is 17.7. The molecule has 2 aromatic carbocycles. The summed E-state index contributed by atoms with van der Waals surface area (Å²) >= 11 is 0. The molecule has 0 aliphatic heterocycles. The summed E-state index contributed by atoms with van der Waals surface area (Å²) < 4.78 is 25.9. The predicted molar refractivity (Wildman–Crippen MR) is 121 cm³/mol. The quantitative estimate of drug-likeness (QED) is 0.575. The number of hydrogen-bond donors (Lipinski definition) is 1. The Labute approximate surface area is 185 Å². The lowest BCUT2D eigenvalue weighted by Crippen LogP contribution is -2.51. The van der Waals surface area contributed by atoms with Gasteiger partial charge in [0.1, 0.15) is 6.04 Å². The second-order valence-corrected chi connectivity index (χ2v) is 9.47. The summed E-state index contributed by atoms with van der Waals surface area (Å²) in [5, 5.41) is 2.81. The zero-order valence-electron chi connectivity index (χ0n) is 18.3. The minimum absolute atomic E-state index is 0.0843. The van der Waals surface area contributed by atoms with Gasteiger partial charge in [0.15, 0.2) is 0 Å². The highest BCUT2D eigenvalue weighted by Gasteiger charge is 2.29. The fourth-order valence-electron chi connectivity index (χ4n) is 3.08. The van der Waals surface area contributed by atoms with Gasteiger partial charge in [-0.05, 0) is 24.5 Å². The predicted octanol–water partition coefficient (Wildman–Crippen LogP) is 2.39. The molecular weight excluding hydrogens is 414 g/mol. The number of nitrogens with zero attached hydrogens (tertiary/aromatic N) is 2. The van der Waals surface area contributed by atoms with E-state index in [2.05, 4.69) is 5.32 Å². The minimum Gasteiger partial charge on any atom is -0.354 e. The van der Waals surface area contributed by atoms with Crippen LogP contribution in [0.1, 0.15) is 31.4 Å². The zero-order valence-corrected chi connectivity index (χ0v) is 19.1. The lowest BCUT2D eigenvalue weighted by atomic mass is 10.1. The molecule has 2 rings (SSSR count). The first-order valence-electron chi connectivity index (χ1n) is 10.3. The third-order valence-corrected chi connectivity index (χ3v) is 6.09. The Bertz CT molecular complexity index is 949. The van der Waals surface area contributed by atoms with Crippen LogP contribution in [0.5, 0.6) is 0 Å². The van der Waals surface area contributed by atoms with E-state index in [0.717, 1.165) is 28.1 Å². The summed E-state index contributed by atoms with van der Waals surface area (Å²) in [4.78, 5) is 27.3. The fraction of sp³-hybridized carbons (Fsp3) is 0.391. The van der Waals surface area contributed by atoms with E-state index in [9.17, 15) is 18.0 Å². The van der Waals surface area contributed by atoms with Crippen molar-refractivity contribution < 1.29 is 18.0 Å². The Kier molecular flexibility index (Phi) is 9.21. The highest BCUT2D eigenvalue weighted by atomic mass is 32.2. The van der Waals surface area contributed by atoms with Crippen LogP contribution < -0.4 is 5.32 Å². The third kappa shape index (κ3) is 7.80. The largest absolute Gasteiger partial charge is 0.354 e. The maximum atomic E-state index is 13.3. The second-order valence-electron chi connectivity index (χ2n) is 7.49. The van der Waals surface area contributed by atoms with Crippen molar-refractivity contribution in [3.63, 3.8) is 0 Å². The molecule has 0 radical (unpaired) electrons. The molecule has 0 aliphatic rings. The number of carbonyl (C=O) groups excluding carboxylic acids is 2. The summed E-state index contributed by atoms with van der Waals surface area (Å²) in [6.45, 7) is 4.08. The molecule has 168 valence electrons. The molecule has 1 N–H and O–H groups in total. The summed E-state index contributed by atoms with van der Waals surface area (Å²) in [7, 11) is -3.64. The van der Waals surface area contributed by atoms with E-state index < -0.39 is 22.0 Å². The van der Waals surface area contributed by atoms with Gasteiger partial charge in [-0.3, -0.25) is 9.59 Å².